The maximum absolute atomic E-state index is 6.68. The van der Waals surface area contributed by atoms with E-state index in [-0.39, 0.29) is 12.3 Å². The third kappa shape index (κ3) is 2.70. The van der Waals surface area contributed by atoms with E-state index in [1.807, 2.05) is 6.07 Å². The second kappa shape index (κ2) is 7.55. The van der Waals surface area contributed by atoms with Gasteiger partial charge in [-0.25, -0.2) is 0 Å². The first-order chi connectivity index (χ1) is 18.6. The van der Waals surface area contributed by atoms with Crippen LogP contribution in [0.15, 0.2) is 114 Å². The van der Waals surface area contributed by atoms with Crippen molar-refractivity contribution in [2.75, 3.05) is 16.8 Å². The molecule has 2 aliphatic heterocycles. The number of rotatable bonds is 1. The molecular weight excluding hydrogens is 463 g/mol. The summed E-state index contributed by atoms with van der Waals surface area (Å²) in [6.07, 6.45) is 0. The maximum atomic E-state index is 6.68. The molecule has 0 unspecified atom stereocenters. The maximum Gasteiger partial charge on any atom is 0.329 e. The molecule has 0 spiro atoms. The van der Waals surface area contributed by atoms with E-state index in [4.69, 9.17) is 4.42 Å². The van der Waals surface area contributed by atoms with Crippen molar-refractivity contribution in [2.24, 2.45) is 0 Å². The minimum atomic E-state index is -0.0933. The second-order valence-corrected chi connectivity index (χ2v) is 11.0. The van der Waals surface area contributed by atoms with E-state index in [1.165, 1.54) is 33.4 Å². The van der Waals surface area contributed by atoms with Gasteiger partial charge >= 0.3 is 6.85 Å². The van der Waals surface area contributed by atoms with Crippen molar-refractivity contribution in [2.45, 2.75) is 19.3 Å². The Balaban J connectivity index is 1.52. The van der Waals surface area contributed by atoms with Gasteiger partial charge in [-0.1, -0.05) is 92.7 Å². The fourth-order valence-electron chi connectivity index (χ4n) is 6.94. The smallest absolute Gasteiger partial charge is 0.329 e. The molecule has 6 aromatic rings. The van der Waals surface area contributed by atoms with Gasteiger partial charge in [0.05, 0.1) is 22.7 Å². The van der Waals surface area contributed by atoms with Crippen LogP contribution in [0.2, 0.25) is 0 Å². The molecule has 0 aliphatic carbocycles. The molecule has 0 saturated heterocycles. The third-order valence-electron chi connectivity index (χ3n) is 8.72. The minimum Gasteiger partial charge on any atom is -0.454 e. The molecule has 0 amide bonds. The summed E-state index contributed by atoms with van der Waals surface area (Å²) in [5.41, 5.74) is 11.8. The Morgan fingerprint density at radius 2 is 1.21 bits per heavy atom. The first-order valence-corrected chi connectivity index (χ1v) is 13.3. The highest BCUT2D eigenvalue weighted by atomic mass is 16.3. The molecule has 0 N–H and O–H groups in total. The first kappa shape index (κ1) is 21.6. The summed E-state index contributed by atoms with van der Waals surface area (Å²) in [6, 6.07) is 39.6. The van der Waals surface area contributed by atoms with Crippen LogP contribution < -0.4 is 20.6 Å². The van der Waals surface area contributed by atoms with Gasteiger partial charge in [-0.3, -0.25) is 0 Å². The highest BCUT2D eigenvalue weighted by Crippen LogP contribution is 2.52. The number of furan rings is 1. The lowest BCUT2D eigenvalue weighted by molar-refractivity contribution is 0.645. The van der Waals surface area contributed by atoms with Crippen molar-refractivity contribution in [1.29, 1.82) is 0 Å². The van der Waals surface area contributed by atoms with Crippen LogP contribution in [0.1, 0.15) is 25.0 Å². The third-order valence-corrected chi connectivity index (χ3v) is 8.72. The monoisotopic (exact) mass is 490 g/mol. The summed E-state index contributed by atoms with van der Waals surface area (Å²) in [5.74, 6) is 0. The van der Waals surface area contributed by atoms with Crippen LogP contribution in [0.3, 0.4) is 0 Å². The number of hydrogen-bond donors (Lipinski definition) is 0. The van der Waals surface area contributed by atoms with Crippen molar-refractivity contribution < 1.29 is 4.42 Å². The Bertz CT molecular complexity index is 1850. The zero-order valence-electron chi connectivity index (χ0n) is 21.8. The number of hydrogen-bond acceptors (Lipinski definition) is 3. The molecule has 0 saturated carbocycles. The fourth-order valence-corrected chi connectivity index (χ4v) is 6.94. The van der Waals surface area contributed by atoms with Crippen molar-refractivity contribution in [3.63, 3.8) is 0 Å². The van der Waals surface area contributed by atoms with Crippen LogP contribution in [0, 0.1) is 0 Å². The summed E-state index contributed by atoms with van der Waals surface area (Å²) >= 11 is 0. The van der Waals surface area contributed by atoms with Gasteiger partial charge in [-0.15, -0.1) is 0 Å². The van der Waals surface area contributed by atoms with Gasteiger partial charge in [0.15, 0.2) is 5.58 Å². The molecule has 0 fully saturated rings. The number of nitrogens with zero attached hydrogens (tertiary/aromatic N) is 2. The number of para-hydroxylation sites is 3. The summed E-state index contributed by atoms with van der Waals surface area (Å²) < 4.78 is 6.68. The Morgan fingerprint density at radius 3 is 1.95 bits per heavy atom. The van der Waals surface area contributed by atoms with Crippen molar-refractivity contribution in [3.05, 3.63) is 120 Å². The lowest BCUT2D eigenvalue weighted by Crippen LogP contribution is -2.62. The lowest BCUT2D eigenvalue weighted by atomic mass is 9.40. The zero-order chi connectivity index (χ0) is 25.6. The molecule has 4 heteroatoms. The highest BCUT2D eigenvalue weighted by molar-refractivity contribution is 6.90. The van der Waals surface area contributed by atoms with Crippen LogP contribution >= 0.6 is 0 Å². The van der Waals surface area contributed by atoms with E-state index in [2.05, 4.69) is 134 Å². The van der Waals surface area contributed by atoms with Gasteiger partial charge < -0.3 is 14.1 Å². The average Bonchev–Trinajstić information content (AvgIpc) is 3.34. The molecule has 182 valence electrons. The number of anilines is 4. The van der Waals surface area contributed by atoms with E-state index >= 15 is 0 Å². The van der Waals surface area contributed by atoms with E-state index < -0.39 is 0 Å². The topological polar surface area (TPSA) is 19.6 Å². The fraction of sp³-hybridized carbons (Fsp3) is 0.118. The van der Waals surface area contributed by atoms with E-state index in [0.717, 1.165) is 33.3 Å². The van der Waals surface area contributed by atoms with Crippen LogP contribution in [-0.2, 0) is 5.41 Å². The largest absolute Gasteiger partial charge is 0.454 e. The van der Waals surface area contributed by atoms with Crippen molar-refractivity contribution in [1.82, 2.24) is 0 Å². The molecule has 8 rings (SSSR count). The first-order valence-electron chi connectivity index (χ1n) is 13.3. The van der Waals surface area contributed by atoms with Gasteiger partial charge in [0.25, 0.3) is 0 Å². The Kier molecular flexibility index (Phi) is 4.30. The Labute approximate surface area is 223 Å². The summed E-state index contributed by atoms with van der Waals surface area (Å²) in [6.45, 7) is 4.71. The minimum absolute atomic E-state index is 0.00263. The zero-order valence-corrected chi connectivity index (χ0v) is 21.8. The SMILES string of the molecule is CN1c2ccccc2N(B2c3ccccc3C(C)(C)c3ccccc32)c2c1ccc1c2oc2ccccc21. The molecular formula is C34H27BN2O. The summed E-state index contributed by atoms with van der Waals surface area (Å²) in [7, 11) is 2.16. The quantitative estimate of drug-likeness (QED) is 0.226. The van der Waals surface area contributed by atoms with Gasteiger partial charge in [0.2, 0.25) is 0 Å². The van der Waals surface area contributed by atoms with Gasteiger partial charge in [0.1, 0.15) is 5.58 Å². The van der Waals surface area contributed by atoms with Crippen LogP contribution in [0.5, 0.6) is 0 Å². The molecule has 3 nitrogen and oxygen atoms in total. The molecule has 5 aromatic carbocycles. The standard InChI is InChI=1S/C34H27BN2O/c1-34(2)24-13-5-7-15-26(24)35(27-16-8-6-14-25(27)34)37-29-18-10-9-17-28(29)36(3)30-21-20-23-22-12-4-11-19-31(22)38-33(23)32(30)37/h4-21H,1-3H3. The Hall–Kier alpha value is -4.44. The predicted octanol–water partition coefficient (Wildman–Crippen LogP) is 7.25. The van der Waals surface area contributed by atoms with Gasteiger partial charge in [-0.05, 0) is 52.4 Å². The van der Waals surface area contributed by atoms with Gasteiger partial charge in [0, 0.05) is 23.2 Å². The lowest BCUT2D eigenvalue weighted by Gasteiger charge is -2.46. The van der Waals surface area contributed by atoms with Crippen molar-refractivity contribution in [3.8, 4) is 0 Å². The molecule has 0 bridgehead atoms. The highest BCUT2D eigenvalue weighted by Gasteiger charge is 2.45. The normalized spacial score (nSPS) is 15.3. The molecule has 0 radical (unpaired) electrons. The molecule has 0 atom stereocenters. The summed E-state index contributed by atoms with van der Waals surface area (Å²) in [4.78, 5) is 4.85. The van der Waals surface area contributed by atoms with Crippen LogP contribution in [0.25, 0.3) is 21.9 Å². The molecule has 3 heterocycles. The van der Waals surface area contributed by atoms with E-state index in [0.29, 0.717) is 0 Å². The molecule has 2 aliphatic rings. The van der Waals surface area contributed by atoms with Crippen LogP contribution in [-0.4, -0.2) is 13.9 Å². The average molecular weight is 490 g/mol. The predicted molar refractivity (Wildman–Crippen MR) is 160 cm³/mol. The van der Waals surface area contributed by atoms with Crippen LogP contribution in [0.4, 0.5) is 22.7 Å². The summed E-state index contributed by atoms with van der Waals surface area (Å²) in [5, 5.41) is 2.30. The molecule has 1 aromatic heterocycles. The second-order valence-electron chi connectivity index (χ2n) is 11.0. The van der Waals surface area contributed by atoms with E-state index in [1.54, 1.807) is 0 Å². The van der Waals surface area contributed by atoms with Gasteiger partial charge in [-0.2, -0.15) is 0 Å². The van der Waals surface area contributed by atoms with E-state index in [9.17, 15) is 0 Å². The number of fused-ring (bicyclic) bond motifs is 8. The Morgan fingerprint density at radius 1 is 0.605 bits per heavy atom. The van der Waals surface area contributed by atoms with Crippen molar-refractivity contribution >= 4 is 62.5 Å². The molecule has 38 heavy (non-hydrogen) atoms. The number of benzene rings is 5.